The molecule has 3 nitrogen and oxygen atoms in total. The number of nitrogens with zero attached hydrogens (tertiary/aromatic N) is 1. The summed E-state index contributed by atoms with van der Waals surface area (Å²) >= 11 is 0. The molecule has 2 heterocycles. The first kappa shape index (κ1) is 82.1. The minimum atomic E-state index is -0.846. The van der Waals surface area contributed by atoms with E-state index in [0.717, 1.165) is 83.0 Å². The molecule has 0 amide bonds. The number of rotatable bonds is 31. The van der Waals surface area contributed by atoms with Gasteiger partial charge in [0.2, 0.25) is 0 Å². The van der Waals surface area contributed by atoms with Crippen LogP contribution in [0.3, 0.4) is 0 Å². The van der Waals surface area contributed by atoms with Gasteiger partial charge < -0.3 is 13.7 Å². The van der Waals surface area contributed by atoms with E-state index in [1.165, 1.54) is 271 Å². The summed E-state index contributed by atoms with van der Waals surface area (Å²) < 4.78 is 14.9. The molecule has 0 saturated heterocycles. The first-order chi connectivity index (χ1) is 65.3. The maximum Gasteiger partial charge on any atom is 0.144 e. The van der Waals surface area contributed by atoms with Gasteiger partial charge in [0.05, 0.1) is 16.2 Å². The summed E-state index contributed by atoms with van der Waals surface area (Å²) in [6.07, 6.45) is 28.9. The van der Waals surface area contributed by atoms with Crippen molar-refractivity contribution in [2.45, 2.75) is 209 Å². The number of furan rings is 2. The Labute approximate surface area is 779 Å². The SMILES string of the molecule is CCCCCCCC1(CCCCCCC)c2cc(N(c3ccc4c(c3)C(c3ccccc3)(c3ccccc3)c3cc5c(cc3-4)C(c3ccccc3)(c3ccccc3)c3ccc4oc6ccccc6c4c3-5)c3ccc4c(c3)C3(c5ccccc5-c5ccccc53)c3ccccc3-4)ccc2-c2c1c1c(c3c2oc2ccccc23)-c2ccccc2C1(CCCCCCC)CCCCCCC. The van der Waals surface area contributed by atoms with Crippen molar-refractivity contribution in [3.8, 4) is 66.8 Å². The normalized spacial score (nSPS) is 14.9. The van der Waals surface area contributed by atoms with Crippen LogP contribution in [-0.2, 0) is 27.1 Å². The Morgan fingerprint density at radius 1 is 0.212 bits per heavy atom. The molecule has 6 aliphatic carbocycles. The molecule has 132 heavy (non-hydrogen) atoms. The highest BCUT2D eigenvalue weighted by atomic mass is 16.3. The molecular weight excluding hydrogens is 1600 g/mol. The fourth-order valence-electron chi connectivity index (χ4n) is 27.1. The zero-order valence-electron chi connectivity index (χ0n) is 77.1. The number of unbranched alkanes of at least 4 members (excludes halogenated alkanes) is 16. The summed E-state index contributed by atoms with van der Waals surface area (Å²) in [6.45, 7) is 9.54. The second kappa shape index (κ2) is 33.3. The zero-order valence-corrected chi connectivity index (χ0v) is 77.1. The average Bonchev–Trinajstić information content (AvgIpc) is 1.49. The highest BCUT2D eigenvalue weighted by Crippen LogP contribution is 2.71. The Hall–Kier alpha value is -13.1. The van der Waals surface area contributed by atoms with Gasteiger partial charge in [0.1, 0.15) is 22.3 Å². The van der Waals surface area contributed by atoms with Crippen LogP contribution in [0.1, 0.15) is 271 Å². The molecule has 0 N–H and O–H groups in total. The summed E-state index contributed by atoms with van der Waals surface area (Å²) in [5, 5.41) is 4.83. The van der Waals surface area contributed by atoms with E-state index in [1.807, 2.05) is 0 Å². The molecule has 1 spiro atoms. The lowest BCUT2D eigenvalue weighted by Gasteiger charge is -2.40. The molecule has 0 bridgehead atoms. The van der Waals surface area contributed by atoms with Crippen molar-refractivity contribution in [2.24, 2.45) is 0 Å². The molecule has 0 radical (unpaired) electrons. The first-order valence-corrected chi connectivity index (χ1v) is 50.4. The molecular formula is C129H117NO2. The molecule has 0 unspecified atom stereocenters. The van der Waals surface area contributed by atoms with Crippen molar-refractivity contribution in [3.05, 3.63) is 435 Å². The molecule has 18 aromatic rings. The van der Waals surface area contributed by atoms with Gasteiger partial charge in [-0.2, -0.15) is 0 Å². The van der Waals surface area contributed by atoms with Crippen LogP contribution < -0.4 is 4.90 Å². The fourth-order valence-corrected chi connectivity index (χ4v) is 27.1. The van der Waals surface area contributed by atoms with Gasteiger partial charge in [-0.3, -0.25) is 0 Å². The topological polar surface area (TPSA) is 29.5 Å². The van der Waals surface area contributed by atoms with E-state index in [0.29, 0.717) is 0 Å². The number of hydrogen-bond acceptors (Lipinski definition) is 3. The minimum Gasteiger partial charge on any atom is -0.456 e. The van der Waals surface area contributed by atoms with Crippen molar-refractivity contribution in [1.29, 1.82) is 0 Å². The van der Waals surface area contributed by atoms with Crippen molar-refractivity contribution in [2.75, 3.05) is 4.90 Å². The molecule has 24 rings (SSSR count). The molecule has 650 valence electrons. The third kappa shape index (κ3) is 12.1. The summed E-state index contributed by atoms with van der Waals surface area (Å²) in [5.74, 6) is 0. The molecule has 6 aliphatic rings. The van der Waals surface area contributed by atoms with Crippen LogP contribution in [0.2, 0.25) is 0 Å². The summed E-state index contributed by atoms with van der Waals surface area (Å²) in [4.78, 5) is 2.75. The third-order valence-electron chi connectivity index (χ3n) is 32.6. The Morgan fingerprint density at radius 3 is 1.05 bits per heavy atom. The van der Waals surface area contributed by atoms with Crippen LogP contribution in [0.15, 0.2) is 355 Å². The Kier molecular flexibility index (Phi) is 20.7. The van der Waals surface area contributed by atoms with Gasteiger partial charge in [-0.1, -0.05) is 435 Å². The Balaban J connectivity index is 0.806. The number of para-hydroxylation sites is 2. The maximum absolute atomic E-state index is 7.88. The van der Waals surface area contributed by atoms with Crippen molar-refractivity contribution in [3.63, 3.8) is 0 Å². The van der Waals surface area contributed by atoms with Gasteiger partial charge in [-0.15, -0.1) is 0 Å². The molecule has 0 aliphatic heterocycles. The quantitative estimate of drug-likeness (QED) is 0.0406. The highest BCUT2D eigenvalue weighted by Gasteiger charge is 2.58. The van der Waals surface area contributed by atoms with Crippen molar-refractivity contribution >= 4 is 60.9 Å². The van der Waals surface area contributed by atoms with Crippen molar-refractivity contribution in [1.82, 2.24) is 0 Å². The van der Waals surface area contributed by atoms with E-state index in [1.54, 1.807) is 16.7 Å². The predicted octanol–water partition coefficient (Wildman–Crippen LogP) is 36.0. The van der Waals surface area contributed by atoms with Crippen LogP contribution in [0.25, 0.3) is 111 Å². The van der Waals surface area contributed by atoms with Crippen LogP contribution >= 0.6 is 0 Å². The number of fused-ring (bicyclic) bond motifs is 32. The second-order valence-corrected chi connectivity index (χ2v) is 39.4. The summed E-state index contributed by atoms with van der Waals surface area (Å²) in [5.41, 5.74) is 41.8. The lowest BCUT2D eigenvalue weighted by Crippen LogP contribution is -2.33. The monoisotopic (exact) mass is 1710 g/mol. The number of hydrogen-bond donors (Lipinski definition) is 0. The Morgan fingerprint density at radius 2 is 0.553 bits per heavy atom. The van der Waals surface area contributed by atoms with Gasteiger partial charge in [-0.05, 0) is 243 Å². The second-order valence-electron chi connectivity index (χ2n) is 39.4. The van der Waals surface area contributed by atoms with Crippen LogP contribution in [0.5, 0.6) is 0 Å². The van der Waals surface area contributed by atoms with E-state index < -0.39 is 21.7 Å². The van der Waals surface area contributed by atoms with Crippen LogP contribution in [0, 0.1) is 0 Å². The molecule has 3 heteroatoms. The van der Waals surface area contributed by atoms with Crippen LogP contribution in [-0.4, -0.2) is 0 Å². The van der Waals surface area contributed by atoms with Gasteiger partial charge in [-0.25, -0.2) is 0 Å². The molecule has 2 aromatic heterocycles. The van der Waals surface area contributed by atoms with Gasteiger partial charge >= 0.3 is 0 Å². The fraction of sp³-hybridized carbons (Fsp3) is 0.256. The lowest BCUT2D eigenvalue weighted by molar-refractivity contribution is 0.369. The standard InChI is InChI=1S/C129H117NO2/c1-5-9-13-17-45-77-125(78-46-18-14-10-6-2)104-63-39-36-60-98(104)119-120-101-62-38-44-68-115(101)132-124(120)121-99-74-71-90(81-109(99)126(123(121)122(119)125,79-47-19-15-11-7-3)80-48-20-16-12-8-4)130(92-69-72-96-95-59-35-42-66-107(95)129(111(96)83-92)105-64-40-33-57-93(105)94-58-34-41-65-106(94)129)91-70-73-97-102-84-113-103(85-112(102)128(110(97)82-91,88-53-29-23-30-54-88)89-55-31-24-32-56-89)117-108(75-76-116-118(117)100-61-37-43-67-114(100)131-116)127(113,86-49-25-21-26-50-86)87-51-27-22-28-52-87/h21-44,49-76,81-85H,5-20,45-48,77-80H2,1-4H3. The van der Waals surface area contributed by atoms with E-state index in [-0.39, 0.29) is 5.41 Å². The highest BCUT2D eigenvalue weighted by molar-refractivity contribution is 6.22. The molecule has 0 atom stereocenters. The molecule has 16 aromatic carbocycles. The molecule has 0 fully saturated rings. The number of anilines is 3. The molecule has 0 saturated carbocycles. The van der Waals surface area contributed by atoms with E-state index in [9.17, 15) is 0 Å². The third-order valence-corrected chi connectivity index (χ3v) is 32.6. The predicted molar refractivity (Wildman–Crippen MR) is 553 cm³/mol. The maximum atomic E-state index is 7.88. The lowest BCUT2D eigenvalue weighted by atomic mass is 9.62. The smallest absolute Gasteiger partial charge is 0.144 e. The van der Waals surface area contributed by atoms with E-state index >= 15 is 0 Å². The van der Waals surface area contributed by atoms with Crippen LogP contribution in [0.4, 0.5) is 17.1 Å². The van der Waals surface area contributed by atoms with Crippen molar-refractivity contribution < 1.29 is 8.83 Å². The first-order valence-electron chi connectivity index (χ1n) is 50.4. The van der Waals surface area contributed by atoms with Gasteiger partial charge in [0, 0.05) is 55.0 Å². The Bertz CT molecular complexity index is 7310. The summed E-state index contributed by atoms with van der Waals surface area (Å²) in [6, 6.07) is 136. The van der Waals surface area contributed by atoms with E-state index in [2.05, 4.69) is 378 Å². The zero-order chi connectivity index (χ0) is 88.3. The largest absolute Gasteiger partial charge is 0.456 e. The minimum absolute atomic E-state index is 0.219. The average molecular weight is 1710 g/mol. The summed E-state index contributed by atoms with van der Waals surface area (Å²) in [7, 11) is 0. The van der Waals surface area contributed by atoms with Gasteiger partial charge in [0.25, 0.3) is 0 Å². The van der Waals surface area contributed by atoms with E-state index in [4.69, 9.17) is 8.83 Å². The van der Waals surface area contributed by atoms with Gasteiger partial charge in [0.15, 0.2) is 0 Å². The number of benzene rings is 16.